The predicted octanol–water partition coefficient (Wildman–Crippen LogP) is 2.70. The molecule has 1 unspecified atom stereocenters. The van der Waals surface area contributed by atoms with Crippen LogP contribution in [0.15, 0.2) is 16.6 Å². The molecule has 1 saturated heterocycles. The average molecular weight is 347 g/mol. The number of anilines is 1. The van der Waals surface area contributed by atoms with Gasteiger partial charge in [-0.1, -0.05) is 12.2 Å². The van der Waals surface area contributed by atoms with E-state index in [2.05, 4.69) is 15.9 Å². The molecule has 1 aromatic rings. The first-order valence-corrected chi connectivity index (χ1v) is 7.26. The van der Waals surface area contributed by atoms with Crippen LogP contribution in [0.1, 0.15) is 12.0 Å². The number of hydrogen-bond acceptors (Lipinski definition) is 3. The Morgan fingerprint density at radius 1 is 1.63 bits per heavy atom. The number of benzene rings is 1. The largest absolute Gasteiger partial charge is 0.389 e. The summed E-state index contributed by atoms with van der Waals surface area (Å²) >= 11 is 8.12. The molecule has 6 heteroatoms. The molecule has 0 aromatic heterocycles. The Morgan fingerprint density at radius 2 is 2.37 bits per heavy atom. The van der Waals surface area contributed by atoms with Crippen LogP contribution in [0.25, 0.3) is 0 Å². The second-order valence-corrected chi connectivity index (χ2v) is 5.91. The van der Waals surface area contributed by atoms with E-state index in [1.54, 1.807) is 19.2 Å². The van der Waals surface area contributed by atoms with Gasteiger partial charge in [0.05, 0.1) is 16.8 Å². The van der Waals surface area contributed by atoms with E-state index < -0.39 is 0 Å². The van der Waals surface area contributed by atoms with E-state index in [0.717, 1.165) is 19.5 Å². The van der Waals surface area contributed by atoms with Crippen molar-refractivity contribution in [2.75, 3.05) is 31.7 Å². The van der Waals surface area contributed by atoms with Crippen LogP contribution in [0.5, 0.6) is 0 Å². The normalized spacial score (nSPS) is 18.9. The Bertz CT molecular complexity index is 498. The molecular weight excluding hydrogens is 331 g/mol. The van der Waals surface area contributed by atoms with Gasteiger partial charge in [0.25, 0.3) is 0 Å². The smallest absolute Gasteiger partial charge is 0.161 e. The average Bonchev–Trinajstić information content (AvgIpc) is 2.81. The van der Waals surface area contributed by atoms with Crippen LogP contribution >= 0.6 is 28.1 Å². The fourth-order valence-electron chi connectivity index (χ4n) is 2.40. The Kier molecular flexibility index (Phi) is 4.76. The zero-order valence-electron chi connectivity index (χ0n) is 10.7. The number of halogens is 2. The number of hydrogen-bond donors (Lipinski definition) is 1. The van der Waals surface area contributed by atoms with E-state index in [0.29, 0.717) is 28.2 Å². The number of ether oxygens (including phenoxy) is 1. The monoisotopic (exact) mass is 346 g/mol. The van der Waals surface area contributed by atoms with E-state index in [1.807, 2.05) is 4.90 Å². The summed E-state index contributed by atoms with van der Waals surface area (Å²) in [5.41, 5.74) is 6.67. The quantitative estimate of drug-likeness (QED) is 0.850. The lowest BCUT2D eigenvalue weighted by Crippen LogP contribution is -2.22. The highest BCUT2D eigenvalue weighted by atomic mass is 79.9. The van der Waals surface area contributed by atoms with Gasteiger partial charge in [0, 0.05) is 31.7 Å². The van der Waals surface area contributed by atoms with Crippen molar-refractivity contribution in [2.24, 2.45) is 11.7 Å². The molecule has 3 nitrogen and oxygen atoms in total. The summed E-state index contributed by atoms with van der Waals surface area (Å²) < 4.78 is 19.8. The van der Waals surface area contributed by atoms with Crippen molar-refractivity contribution >= 4 is 38.8 Å². The second-order valence-electron chi connectivity index (χ2n) is 4.68. The highest BCUT2D eigenvalue weighted by Gasteiger charge is 2.25. The van der Waals surface area contributed by atoms with E-state index in [4.69, 9.17) is 22.7 Å². The maximum absolute atomic E-state index is 14.4. The molecule has 0 amide bonds. The first-order valence-electron chi connectivity index (χ1n) is 6.06. The minimum atomic E-state index is -0.302. The molecule has 1 aliphatic rings. The third-order valence-corrected chi connectivity index (χ3v) is 4.35. The van der Waals surface area contributed by atoms with Crippen molar-refractivity contribution in [3.8, 4) is 0 Å². The summed E-state index contributed by atoms with van der Waals surface area (Å²) in [7, 11) is 1.69. The number of methoxy groups -OCH3 is 1. The molecule has 1 fully saturated rings. The van der Waals surface area contributed by atoms with Gasteiger partial charge in [-0.2, -0.15) is 0 Å². The van der Waals surface area contributed by atoms with Crippen LogP contribution in [-0.2, 0) is 4.74 Å². The van der Waals surface area contributed by atoms with Gasteiger partial charge in [-0.15, -0.1) is 0 Å². The zero-order chi connectivity index (χ0) is 14.0. The van der Waals surface area contributed by atoms with Gasteiger partial charge >= 0.3 is 0 Å². The highest BCUT2D eigenvalue weighted by Crippen LogP contribution is 2.32. The summed E-state index contributed by atoms with van der Waals surface area (Å²) in [6, 6.07) is 3.50. The van der Waals surface area contributed by atoms with Crippen molar-refractivity contribution in [1.29, 1.82) is 0 Å². The minimum absolute atomic E-state index is 0.191. The van der Waals surface area contributed by atoms with Gasteiger partial charge in [-0.25, -0.2) is 4.39 Å². The molecule has 2 N–H and O–H groups in total. The fraction of sp³-hybridized carbons (Fsp3) is 0.462. The van der Waals surface area contributed by atoms with Crippen molar-refractivity contribution in [2.45, 2.75) is 6.42 Å². The Labute approximate surface area is 126 Å². The summed E-state index contributed by atoms with van der Waals surface area (Å²) in [5.74, 6) is 0.154. The lowest BCUT2D eigenvalue weighted by Gasteiger charge is -2.20. The van der Waals surface area contributed by atoms with E-state index >= 15 is 0 Å². The number of thiocarbonyl (C=S) groups is 1. The van der Waals surface area contributed by atoms with Crippen LogP contribution in [0.2, 0.25) is 0 Å². The molecule has 0 spiro atoms. The number of nitrogens with two attached hydrogens (primary N) is 1. The first-order chi connectivity index (χ1) is 9.04. The number of rotatable bonds is 4. The third kappa shape index (κ3) is 3.07. The molecule has 0 saturated carbocycles. The molecular formula is C13H16BrFN2OS. The van der Waals surface area contributed by atoms with Crippen molar-refractivity contribution < 1.29 is 9.13 Å². The molecule has 1 heterocycles. The zero-order valence-corrected chi connectivity index (χ0v) is 13.1. The molecule has 104 valence electrons. The van der Waals surface area contributed by atoms with Gasteiger partial charge in [0.1, 0.15) is 4.99 Å². The standard InChI is InChI=1S/C13H16BrFN2OS/c1-18-7-8-4-5-17(6-8)10-3-2-9(13(16)19)11(14)12(10)15/h2-3,8H,4-7H2,1H3,(H2,16,19). The Hall–Kier alpha value is -0.720. The van der Waals surface area contributed by atoms with Crippen molar-refractivity contribution in [1.82, 2.24) is 0 Å². The van der Waals surface area contributed by atoms with Gasteiger partial charge < -0.3 is 15.4 Å². The molecule has 0 bridgehead atoms. The van der Waals surface area contributed by atoms with Crippen molar-refractivity contribution in [3.05, 3.63) is 28.0 Å². The van der Waals surface area contributed by atoms with E-state index in [9.17, 15) is 4.39 Å². The Morgan fingerprint density at radius 3 is 3.00 bits per heavy atom. The summed E-state index contributed by atoms with van der Waals surface area (Å²) in [5, 5.41) is 0. The molecule has 2 rings (SSSR count). The Balaban J connectivity index is 2.23. The molecule has 0 radical (unpaired) electrons. The van der Waals surface area contributed by atoms with Crippen LogP contribution in [0, 0.1) is 11.7 Å². The second kappa shape index (κ2) is 6.15. The molecule has 1 aliphatic heterocycles. The van der Waals surface area contributed by atoms with E-state index in [1.165, 1.54) is 0 Å². The third-order valence-electron chi connectivity index (χ3n) is 3.36. The van der Waals surface area contributed by atoms with Crippen molar-refractivity contribution in [3.63, 3.8) is 0 Å². The topological polar surface area (TPSA) is 38.5 Å². The van der Waals surface area contributed by atoms with E-state index in [-0.39, 0.29) is 10.8 Å². The van der Waals surface area contributed by atoms with Gasteiger partial charge in [-0.05, 0) is 34.5 Å². The fourth-order valence-corrected chi connectivity index (χ4v) is 3.25. The first kappa shape index (κ1) is 14.7. The lowest BCUT2D eigenvalue weighted by molar-refractivity contribution is 0.161. The maximum atomic E-state index is 14.4. The summed E-state index contributed by atoms with van der Waals surface area (Å²) in [6.45, 7) is 2.36. The molecule has 1 atom stereocenters. The van der Waals surface area contributed by atoms with Crippen LogP contribution in [0.4, 0.5) is 10.1 Å². The van der Waals surface area contributed by atoms with Crippen LogP contribution in [-0.4, -0.2) is 31.8 Å². The molecule has 19 heavy (non-hydrogen) atoms. The number of nitrogens with zero attached hydrogens (tertiary/aromatic N) is 1. The van der Waals surface area contributed by atoms with Gasteiger partial charge in [0.2, 0.25) is 0 Å². The minimum Gasteiger partial charge on any atom is -0.389 e. The molecule has 1 aromatic carbocycles. The van der Waals surface area contributed by atoms with Crippen LogP contribution in [0.3, 0.4) is 0 Å². The summed E-state index contributed by atoms with van der Waals surface area (Å²) in [6.07, 6.45) is 1.02. The van der Waals surface area contributed by atoms with Crippen LogP contribution < -0.4 is 10.6 Å². The SMILES string of the molecule is COCC1CCN(c2ccc(C(N)=S)c(Br)c2F)C1. The lowest BCUT2D eigenvalue weighted by atomic mass is 10.1. The van der Waals surface area contributed by atoms with Gasteiger partial charge in [-0.3, -0.25) is 0 Å². The highest BCUT2D eigenvalue weighted by molar-refractivity contribution is 9.10. The molecule has 0 aliphatic carbocycles. The maximum Gasteiger partial charge on any atom is 0.161 e. The predicted molar refractivity (Wildman–Crippen MR) is 82.2 cm³/mol. The summed E-state index contributed by atoms with van der Waals surface area (Å²) in [4.78, 5) is 2.23. The van der Waals surface area contributed by atoms with Gasteiger partial charge in [0.15, 0.2) is 5.82 Å².